The standard InChI is InChI=1S/C44H32N2O/c1-44(2)37-21-10-9-20-35(37)36-28-34(24-25-38(36)44)46(33-19-11-18-32(27-33)29-13-5-3-6-14-29)40-22-12-17-30-23-26-39-42(41(30)40)47-43(45-39)31-15-7-4-8-16-31/h3-28H,1-2H3. The maximum Gasteiger partial charge on any atom is 0.227 e. The average molecular weight is 605 g/mol. The lowest BCUT2D eigenvalue weighted by Crippen LogP contribution is -2.15. The van der Waals surface area contributed by atoms with Crippen LogP contribution in [0.5, 0.6) is 0 Å². The summed E-state index contributed by atoms with van der Waals surface area (Å²) in [5.74, 6) is 0.622. The molecule has 0 unspecified atom stereocenters. The van der Waals surface area contributed by atoms with Crippen LogP contribution in [0.1, 0.15) is 25.0 Å². The molecule has 8 aromatic rings. The molecule has 0 radical (unpaired) electrons. The quantitative estimate of drug-likeness (QED) is 0.196. The van der Waals surface area contributed by atoms with Crippen molar-refractivity contribution in [1.82, 2.24) is 4.98 Å². The van der Waals surface area contributed by atoms with Crippen LogP contribution < -0.4 is 4.90 Å². The summed E-state index contributed by atoms with van der Waals surface area (Å²) < 4.78 is 6.63. The molecular weight excluding hydrogens is 572 g/mol. The van der Waals surface area contributed by atoms with E-state index in [0.717, 1.165) is 50.1 Å². The van der Waals surface area contributed by atoms with Gasteiger partial charge in [-0.1, -0.05) is 123 Å². The summed E-state index contributed by atoms with van der Waals surface area (Å²) in [5.41, 5.74) is 13.4. The molecule has 47 heavy (non-hydrogen) atoms. The number of anilines is 3. The number of benzene rings is 7. The van der Waals surface area contributed by atoms with Gasteiger partial charge in [-0.05, 0) is 87.3 Å². The highest BCUT2D eigenvalue weighted by Crippen LogP contribution is 2.51. The molecule has 224 valence electrons. The summed E-state index contributed by atoms with van der Waals surface area (Å²) in [7, 11) is 0. The maximum absolute atomic E-state index is 6.63. The molecule has 1 heterocycles. The van der Waals surface area contributed by atoms with Crippen LogP contribution in [0, 0.1) is 0 Å². The lowest BCUT2D eigenvalue weighted by Gasteiger charge is -2.28. The van der Waals surface area contributed by atoms with Gasteiger partial charge in [0.1, 0.15) is 5.52 Å². The van der Waals surface area contributed by atoms with Crippen molar-refractivity contribution in [2.24, 2.45) is 0 Å². The van der Waals surface area contributed by atoms with Gasteiger partial charge in [-0.25, -0.2) is 4.98 Å². The van der Waals surface area contributed by atoms with Crippen LogP contribution in [0.4, 0.5) is 17.1 Å². The molecular formula is C44H32N2O. The number of oxazole rings is 1. The van der Waals surface area contributed by atoms with Crippen LogP contribution in [0.3, 0.4) is 0 Å². The molecule has 0 saturated carbocycles. The van der Waals surface area contributed by atoms with Crippen LogP contribution in [0.2, 0.25) is 0 Å². The Bertz CT molecular complexity index is 2440. The molecule has 0 spiro atoms. The summed E-state index contributed by atoms with van der Waals surface area (Å²) in [6.07, 6.45) is 0. The third-order valence-corrected chi connectivity index (χ3v) is 9.67. The minimum atomic E-state index is -0.0677. The molecule has 0 saturated heterocycles. The monoisotopic (exact) mass is 604 g/mol. The van der Waals surface area contributed by atoms with Gasteiger partial charge in [0.25, 0.3) is 0 Å². The number of hydrogen-bond acceptors (Lipinski definition) is 3. The number of nitrogens with zero attached hydrogens (tertiary/aromatic N) is 2. The van der Waals surface area contributed by atoms with Gasteiger partial charge in [0.2, 0.25) is 5.89 Å². The summed E-state index contributed by atoms with van der Waals surface area (Å²) in [4.78, 5) is 7.32. The van der Waals surface area contributed by atoms with Crippen molar-refractivity contribution < 1.29 is 4.42 Å². The van der Waals surface area contributed by atoms with Gasteiger partial charge in [0.05, 0.1) is 11.1 Å². The van der Waals surface area contributed by atoms with Gasteiger partial charge in [-0.3, -0.25) is 0 Å². The number of hydrogen-bond donors (Lipinski definition) is 0. The Morgan fingerprint density at radius 2 is 1.21 bits per heavy atom. The van der Waals surface area contributed by atoms with E-state index in [2.05, 4.69) is 146 Å². The third-order valence-electron chi connectivity index (χ3n) is 9.67. The Morgan fingerprint density at radius 1 is 0.532 bits per heavy atom. The molecule has 0 N–H and O–H groups in total. The normalized spacial score (nSPS) is 13.1. The van der Waals surface area contributed by atoms with Gasteiger partial charge in [0.15, 0.2) is 5.58 Å². The van der Waals surface area contributed by atoms with Crippen molar-refractivity contribution in [3.63, 3.8) is 0 Å². The zero-order valence-corrected chi connectivity index (χ0v) is 26.3. The molecule has 3 nitrogen and oxygen atoms in total. The fraction of sp³-hybridized carbons (Fsp3) is 0.0682. The van der Waals surface area contributed by atoms with Gasteiger partial charge >= 0.3 is 0 Å². The first kappa shape index (κ1) is 27.4. The van der Waals surface area contributed by atoms with Crippen LogP contribution in [0.25, 0.3) is 55.6 Å². The molecule has 7 aromatic carbocycles. The van der Waals surface area contributed by atoms with Gasteiger partial charge in [-0.2, -0.15) is 0 Å². The first-order valence-electron chi connectivity index (χ1n) is 16.1. The summed E-state index contributed by atoms with van der Waals surface area (Å²) >= 11 is 0. The zero-order chi connectivity index (χ0) is 31.5. The second-order valence-corrected chi connectivity index (χ2v) is 12.8. The number of aromatic nitrogens is 1. The smallest absolute Gasteiger partial charge is 0.227 e. The van der Waals surface area contributed by atoms with E-state index in [9.17, 15) is 0 Å². The van der Waals surface area contributed by atoms with Crippen LogP contribution in [-0.2, 0) is 5.41 Å². The highest BCUT2D eigenvalue weighted by Gasteiger charge is 2.35. The molecule has 1 aromatic heterocycles. The Balaban J connectivity index is 1.31. The summed E-state index contributed by atoms with van der Waals surface area (Å²) in [6, 6.07) is 56.0. The lowest BCUT2D eigenvalue weighted by molar-refractivity contribution is 0.623. The Labute approximate surface area is 274 Å². The predicted octanol–water partition coefficient (Wildman–Crippen LogP) is 12.1. The van der Waals surface area contributed by atoms with Crippen LogP contribution >= 0.6 is 0 Å². The van der Waals surface area contributed by atoms with E-state index in [4.69, 9.17) is 9.40 Å². The van der Waals surface area contributed by atoms with E-state index in [1.165, 1.54) is 27.8 Å². The van der Waals surface area contributed by atoms with E-state index < -0.39 is 0 Å². The first-order valence-corrected chi connectivity index (χ1v) is 16.1. The molecule has 3 heteroatoms. The van der Waals surface area contributed by atoms with Crippen LogP contribution in [0.15, 0.2) is 162 Å². The van der Waals surface area contributed by atoms with Crippen molar-refractivity contribution in [2.45, 2.75) is 19.3 Å². The molecule has 0 amide bonds. The van der Waals surface area contributed by atoms with Crippen molar-refractivity contribution in [1.29, 1.82) is 0 Å². The van der Waals surface area contributed by atoms with Crippen molar-refractivity contribution in [3.05, 3.63) is 169 Å². The highest BCUT2D eigenvalue weighted by atomic mass is 16.3. The second kappa shape index (κ2) is 10.6. The molecule has 1 aliphatic rings. The van der Waals surface area contributed by atoms with Crippen molar-refractivity contribution in [2.75, 3.05) is 4.90 Å². The fourth-order valence-electron chi connectivity index (χ4n) is 7.36. The maximum atomic E-state index is 6.63. The largest absolute Gasteiger partial charge is 0.435 e. The molecule has 0 bridgehead atoms. The Morgan fingerprint density at radius 3 is 2.04 bits per heavy atom. The SMILES string of the molecule is CC1(C)c2ccccc2-c2cc(N(c3cccc(-c4ccccc4)c3)c3cccc4ccc5nc(-c6ccccc6)oc5c34)ccc21. The fourth-order valence-corrected chi connectivity index (χ4v) is 7.36. The second-order valence-electron chi connectivity index (χ2n) is 12.8. The predicted molar refractivity (Wildman–Crippen MR) is 195 cm³/mol. The molecule has 1 aliphatic carbocycles. The average Bonchev–Trinajstić information content (AvgIpc) is 3.66. The van der Waals surface area contributed by atoms with Gasteiger partial charge < -0.3 is 9.32 Å². The van der Waals surface area contributed by atoms with Gasteiger partial charge in [0, 0.05) is 22.4 Å². The highest BCUT2D eigenvalue weighted by molar-refractivity contribution is 6.12. The minimum absolute atomic E-state index is 0.0677. The van der Waals surface area contributed by atoms with Crippen molar-refractivity contribution in [3.8, 4) is 33.7 Å². The summed E-state index contributed by atoms with van der Waals surface area (Å²) in [5, 5.41) is 2.13. The number of fused-ring (bicyclic) bond motifs is 6. The van der Waals surface area contributed by atoms with Crippen molar-refractivity contribution >= 4 is 38.9 Å². The van der Waals surface area contributed by atoms with E-state index >= 15 is 0 Å². The molecule has 0 aliphatic heterocycles. The Hall–Kier alpha value is -5.93. The number of rotatable bonds is 5. The Kier molecular flexibility index (Phi) is 6.16. The first-order chi connectivity index (χ1) is 23.1. The van der Waals surface area contributed by atoms with E-state index in [-0.39, 0.29) is 5.41 Å². The van der Waals surface area contributed by atoms with Gasteiger partial charge in [-0.15, -0.1) is 0 Å². The third kappa shape index (κ3) is 4.39. The van der Waals surface area contributed by atoms with E-state index in [1.807, 2.05) is 30.3 Å². The molecule has 0 fully saturated rings. The van der Waals surface area contributed by atoms with E-state index in [1.54, 1.807) is 0 Å². The van der Waals surface area contributed by atoms with E-state index in [0.29, 0.717) is 5.89 Å². The molecule has 0 atom stereocenters. The minimum Gasteiger partial charge on any atom is -0.435 e. The lowest BCUT2D eigenvalue weighted by atomic mass is 9.82. The summed E-state index contributed by atoms with van der Waals surface area (Å²) in [6.45, 7) is 4.65. The molecule has 9 rings (SSSR count). The topological polar surface area (TPSA) is 29.3 Å². The zero-order valence-electron chi connectivity index (χ0n) is 26.3. The van der Waals surface area contributed by atoms with Crippen LogP contribution in [-0.4, -0.2) is 4.98 Å².